The quantitative estimate of drug-likeness (QED) is 0.346. The second-order valence-electron chi connectivity index (χ2n) is 9.13. The van der Waals surface area contributed by atoms with Gasteiger partial charge in [-0.1, -0.05) is 63.3 Å². The van der Waals surface area contributed by atoms with Crippen LogP contribution < -0.4 is 5.73 Å². The summed E-state index contributed by atoms with van der Waals surface area (Å²) < 4.78 is 11.4. The number of nitrogens with two attached hydrogens (primary N) is 1. The Bertz CT molecular complexity index is 542. The zero-order chi connectivity index (χ0) is 21.5. The van der Waals surface area contributed by atoms with Crippen molar-refractivity contribution in [2.24, 2.45) is 5.73 Å². The lowest BCUT2D eigenvalue weighted by atomic mass is 9.88. The normalized spacial score (nSPS) is 19.0. The monoisotopic (exact) mass is 419 g/mol. The van der Waals surface area contributed by atoms with E-state index < -0.39 is 5.54 Å². The fraction of sp³-hybridized carbons (Fsp3) is 0.769. The molecule has 30 heavy (non-hydrogen) atoms. The van der Waals surface area contributed by atoms with Gasteiger partial charge in [-0.3, -0.25) is 0 Å². The first-order chi connectivity index (χ1) is 14.6. The molecule has 1 aliphatic heterocycles. The molecule has 4 heteroatoms. The number of benzene rings is 1. The lowest BCUT2D eigenvalue weighted by Gasteiger charge is -2.28. The van der Waals surface area contributed by atoms with Crippen LogP contribution in [0.4, 0.5) is 0 Å². The first kappa shape index (κ1) is 25.3. The van der Waals surface area contributed by atoms with Crippen molar-refractivity contribution in [2.45, 2.75) is 109 Å². The topological polar surface area (TPSA) is 64.7 Å². The highest BCUT2D eigenvalue weighted by Gasteiger charge is 2.24. The van der Waals surface area contributed by atoms with Gasteiger partial charge in [0.25, 0.3) is 0 Å². The highest BCUT2D eigenvalue weighted by Crippen LogP contribution is 2.20. The number of aliphatic hydroxyl groups excluding tert-OH is 1. The van der Waals surface area contributed by atoms with E-state index in [-0.39, 0.29) is 12.9 Å². The number of rotatable bonds is 16. The minimum atomic E-state index is -0.534. The highest BCUT2D eigenvalue weighted by molar-refractivity contribution is 5.23. The van der Waals surface area contributed by atoms with Crippen LogP contribution in [0, 0.1) is 0 Å². The van der Waals surface area contributed by atoms with Crippen molar-refractivity contribution in [1.82, 2.24) is 0 Å². The lowest BCUT2D eigenvalue weighted by molar-refractivity contribution is -0.163. The summed E-state index contributed by atoms with van der Waals surface area (Å²) in [4.78, 5) is 0. The third-order valence-corrected chi connectivity index (χ3v) is 6.33. The summed E-state index contributed by atoms with van der Waals surface area (Å²) in [7, 11) is 0. The SMILES string of the molecule is CCCCCCCCc1ccc(CCC(N)(CO)CCCOC2CCCCO2)cc1. The summed E-state index contributed by atoms with van der Waals surface area (Å²) in [5, 5.41) is 9.84. The van der Waals surface area contributed by atoms with Gasteiger partial charge in [0.05, 0.1) is 6.61 Å². The molecule has 1 saturated heterocycles. The van der Waals surface area contributed by atoms with Crippen LogP contribution in [-0.4, -0.2) is 36.8 Å². The van der Waals surface area contributed by atoms with Crippen LogP contribution in [-0.2, 0) is 22.3 Å². The van der Waals surface area contributed by atoms with Gasteiger partial charge in [-0.15, -0.1) is 0 Å². The van der Waals surface area contributed by atoms with E-state index in [4.69, 9.17) is 15.2 Å². The molecule has 1 fully saturated rings. The molecule has 1 aromatic rings. The van der Waals surface area contributed by atoms with Gasteiger partial charge >= 0.3 is 0 Å². The largest absolute Gasteiger partial charge is 0.394 e. The molecule has 2 rings (SSSR count). The number of hydrogen-bond donors (Lipinski definition) is 2. The van der Waals surface area contributed by atoms with Crippen molar-refractivity contribution >= 4 is 0 Å². The lowest BCUT2D eigenvalue weighted by Crippen LogP contribution is -2.44. The Balaban J connectivity index is 1.62. The molecule has 2 atom stereocenters. The molecule has 172 valence electrons. The van der Waals surface area contributed by atoms with Crippen LogP contribution in [0.3, 0.4) is 0 Å². The van der Waals surface area contributed by atoms with E-state index in [1.807, 2.05) is 0 Å². The Hall–Kier alpha value is -0.940. The molecule has 4 nitrogen and oxygen atoms in total. The Morgan fingerprint density at radius 2 is 1.67 bits per heavy atom. The average Bonchev–Trinajstić information content (AvgIpc) is 2.79. The van der Waals surface area contributed by atoms with E-state index >= 15 is 0 Å². The van der Waals surface area contributed by atoms with E-state index in [2.05, 4.69) is 31.2 Å². The molecule has 0 aliphatic carbocycles. The van der Waals surface area contributed by atoms with Crippen molar-refractivity contribution in [2.75, 3.05) is 19.8 Å². The second kappa shape index (κ2) is 15.0. The maximum Gasteiger partial charge on any atom is 0.157 e. The predicted octanol–water partition coefficient (Wildman–Crippen LogP) is 5.54. The van der Waals surface area contributed by atoms with E-state index in [1.165, 1.54) is 62.5 Å². The Labute approximate surface area is 184 Å². The molecule has 0 amide bonds. The van der Waals surface area contributed by atoms with Gasteiger partial charge in [-0.2, -0.15) is 0 Å². The van der Waals surface area contributed by atoms with Crippen molar-refractivity contribution < 1.29 is 14.6 Å². The molecule has 1 aliphatic rings. The maximum absolute atomic E-state index is 9.84. The summed E-state index contributed by atoms with van der Waals surface area (Å²) in [5.74, 6) is 0. The number of ether oxygens (including phenoxy) is 2. The zero-order valence-corrected chi connectivity index (χ0v) is 19.2. The Morgan fingerprint density at radius 3 is 2.33 bits per heavy atom. The Kier molecular flexibility index (Phi) is 12.6. The molecule has 3 N–H and O–H groups in total. The number of unbranched alkanes of at least 4 members (excludes halogenated alkanes) is 5. The summed E-state index contributed by atoms with van der Waals surface area (Å²) in [5.41, 5.74) is 8.67. The van der Waals surface area contributed by atoms with Gasteiger partial charge in [0, 0.05) is 18.8 Å². The van der Waals surface area contributed by atoms with Gasteiger partial charge < -0.3 is 20.3 Å². The van der Waals surface area contributed by atoms with E-state index in [1.54, 1.807) is 0 Å². The molecule has 0 aromatic heterocycles. The third-order valence-electron chi connectivity index (χ3n) is 6.33. The van der Waals surface area contributed by atoms with Gasteiger partial charge in [0.15, 0.2) is 6.29 Å². The van der Waals surface area contributed by atoms with Crippen LogP contribution >= 0.6 is 0 Å². The first-order valence-electron chi connectivity index (χ1n) is 12.4. The molecular formula is C26H45NO3. The second-order valence-corrected chi connectivity index (χ2v) is 9.13. The minimum absolute atomic E-state index is 0.0169. The minimum Gasteiger partial charge on any atom is -0.394 e. The fourth-order valence-corrected chi connectivity index (χ4v) is 4.14. The van der Waals surface area contributed by atoms with Gasteiger partial charge in [-0.05, 0) is 68.9 Å². The molecule has 0 radical (unpaired) electrons. The van der Waals surface area contributed by atoms with E-state index in [0.29, 0.717) is 6.61 Å². The zero-order valence-electron chi connectivity index (χ0n) is 19.2. The summed E-state index contributed by atoms with van der Waals surface area (Å²) in [6.45, 7) is 3.73. The van der Waals surface area contributed by atoms with Gasteiger partial charge in [0.2, 0.25) is 0 Å². The molecule has 1 heterocycles. The van der Waals surface area contributed by atoms with Crippen LogP contribution in [0.5, 0.6) is 0 Å². The Morgan fingerprint density at radius 1 is 0.967 bits per heavy atom. The van der Waals surface area contributed by atoms with Crippen molar-refractivity contribution in [3.8, 4) is 0 Å². The van der Waals surface area contributed by atoms with Crippen molar-refractivity contribution in [3.63, 3.8) is 0 Å². The molecular weight excluding hydrogens is 374 g/mol. The smallest absolute Gasteiger partial charge is 0.157 e. The average molecular weight is 420 g/mol. The third kappa shape index (κ3) is 10.4. The number of aryl methyl sites for hydroxylation is 2. The van der Waals surface area contributed by atoms with Crippen LogP contribution in [0.25, 0.3) is 0 Å². The number of aliphatic hydroxyl groups is 1. The van der Waals surface area contributed by atoms with Crippen LogP contribution in [0.1, 0.15) is 95.1 Å². The maximum atomic E-state index is 9.84. The molecule has 1 aromatic carbocycles. The standard InChI is InChI=1S/C26H45NO3/c1-2-3-4-5-6-7-11-23-13-15-24(16-14-23)17-19-26(27,22-28)18-10-21-30-25-12-8-9-20-29-25/h13-16,25,28H,2-12,17-22,27H2,1H3. The predicted molar refractivity (Wildman–Crippen MR) is 125 cm³/mol. The summed E-state index contributed by atoms with van der Waals surface area (Å²) in [6.07, 6.45) is 15.8. The fourth-order valence-electron chi connectivity index (χ4n) is 4.14. The van der Waals surface area contributed by atoms with Gasteiger partial charge in [0.1, 0.15) is 0 Å². The number of hydrogen-bond acceptors (Lipinski definition) is 4. The van der Waals surface area contributed by atoms with Crippen molar-refractivity contribution in [3.05, 3.63) is 35.4 Å². The summed E-state index contributed by atoms with van der Waals surface area (Å²) in [6, 6.07) is 8.98. The van der Waals surface area contributed by atoms with Crippen molar-refractivity contribution in [1.29, 1.82) is 0 Å². The van der Waals surface area contributed by atoms with E-state index in [9.17, 15) is 5.11 Å². The van der Waals surface area contributed by atoms with E-state index in [0.717, 1.165) is 45.1 Å². The first-order valence-corrected chi connectivity index (χ1v) is 12.4. The van der Waals surface area contributed by atoms with Gasteiger partial charge in [-0.25, -0.2) is 0 Å². The molecule has 0 bridgehead atoms. The highest BCUT2D eigenvalue weighted by atomic mass is 16.7. The molecule has 2 unspecified atom stereocenters. The van der Waals surface area contributed by atoms with Crippen LogP contribution in [0.2, 0.25) is 0 Å². The molecule has 0 spiro atoms. The molecule has 0 saturated carbocycles. The van der Waals surface area contributed by atoms with Crippen LogP contribution in [0.15, 0.2) is 24.3 Å². The summed E-state index contributed by atoms with van der Waals surface area (Å²) >= 11 is 0.